The van der Waals surface area contributed by atoms with E-state index >= 15 is 0 Å². The zero-order valence-corrected chi connectivity index (χ0v) is 13.0. The molecule has 0 N–H and O–H groups in total. The van der Waals surface area contributed by atoms with Crippen molar-refractivity contribution >= 4 is 11.8 Å². The van der Waals surface area contributed by atoms with Crippen LogP contribution < -0.4 is 5.56 Å². The van der Waals surface area contributed by atoms with Gasteiger partial charge in [-0.3, -0.25) is 14.4 Å². The average Bonchev–Trinajstić information content (AvgIpc) is 3.11. The van der Waals surface area contributed by atoms with E-state index in [-0.39, 0.29) is 30.0 Å². The maximum absolute atomic E-state index is 12.3. The first-order valence-corrected chi connectivity index (χ1v) is 7.99. The van der Waals surface area contributed by atoms with Crippen molar-refractivity contribution in [3.05, 3.63) is 34.7 Å². The number of carbonyl (C=O) groups excluding carboxylic acids is 2. The van der Waals surface area contributed by atoms with Crippen LogP contribution >= 0.6 is 0 Å². The van der Waals surface area contributed by atoms with Crippen molar-refractivity contribution in [1.82, 2.24) is 14.4 Å². The number of hydrogen-bond acceptors (Lipinski definition) is 4. The highest BCUT2D eigenvalue weighted by molar-refractivity contribution is 5.82. The Morgan fingerprint density at radius 2 is 1.87 bits per heavy atom. The summed E-state index contributed by atoms with van der Waals surface area (Å²) in [6.07, 6.45) is 3.02. The summed E-state index contributed by atoms with van der Waals surface area (Å²) in [7, 11) is 0. The van der Waals surface area contributed by atoms with Crippen LogP contribution in [0.15, 0.2) is 29.2 Å². The second-order valence-electron chi connectivity index (χ2n) is 5.87. The van der Waals surface area contributed by atoms with Crippen molar-refractivity contribution in [2.24, 2.45) is 0 Å². The van der Waals surface area contributed by atoms with Crippen molar-refractivity contribution in [1.29, 1.82) is 0 Å². The molecule has 0 radical (unpaired) electrons. The highest BCUT2D eigenvalue weighted by atomic mass is 16.5. The molecule has 3 heterocycles. The molecule has 7 nitrogen and oxygen atoms in total. The molecule has 0 aliphatic carbocycles. The van der Waals surface area contributed by atoms with Crippen LogP contribution in [0.4, 0.5) is 0 Å². The Morgan fingerprint density at radius 3 is 2.52 bits per heavy atom. The van der Waals surface area contributed by atoms with Crippen LogP contribution in [0.5, 0.6) is 0 Å². The molecule has 0 aromatic carbocycles. The maximum Gasteiger partial charge on any atom is 0.251 e. The van der Waals surface area contributed by atoms with E-state index in [0.29, 0.717) is 32.8 Å². The Bertz CT molecular complexity index is 628. The van der Waals surface area contributed by atoms with Gasteiger partial charge >= 0.3 is 0 Å². The van der Waals surface area contributed by atoms with Gasteiger partial charge in [0.25, 0.3) is 11.5 Å². The van der Waals surface area contributed by atoms with Crippen molar-refractivity contribution < 1.29 is 14.3 Å². The summed E-state index contributed by atoms with van der Waals surface area (Å²) < 4.78 is 6.82. The van der Waals surface area contributed by atoms with E-state index < -0.39 is 0 Å². The van der Waals surface area contributed by atoms with Gasteiger partial charge in [-0.25, -0.2) is 0 Å². The molecular weight excluding hydrogens is 298 g/mol. The van der Waals surface area contributed by atoms with E-state index in [1.54, 1.807) is 28.1 Å². The number of carbonyl (C=O) groups is 2. The fourth-order valence-corrected chi connectivity index (χ4v) is 2.99. The van der Waals surface area contributed by atoms with Gasteiger partial charge in [-0.1, -0.05) is 6.07 Å². The summed E-state index contributed by atoms with van der Waals surface area (Å²) in [5.74, 6) is -0.0589. The third-order valence-corrected chi connectivity index (χ3v) is 4.35. The van der Waals surface area contributed by atoms with Gasteiger partial charge in [0.2, 0.25) is 5.91 Å². The van der Waals surface area contributed by atoms with Crippen molar-refractivity contribution in [3.63, 3.8) is 0 Å². The van der Waals surface area contributed by atoms with E-state index in [1.165, 1.54) is 10.6 Å². The lowest BCUT2D eigenvalue weighted by Crippen LogP contribution is -2.53. The van der Waals surface area contributed by atoms with E-state index in [9.17, 15) is 14.4 Å². The number of piperazine rings is 1. The minimum Gasteiger partial charge on any atom is -0.368 e. The topological polar surface area (TPSA) is 71.9 Å². The molecular formula is C16H21N3O4. The molecule has 2 amide bonds. The molecule has 124 valence electrons. The van der Waals surface area contributed by atoms with Crippen LogP contribution in [-0.4, -0.2) is 65.1 Å². The number of amides is 2. The number of aromatic nitrogens is 1. The highest BCUT2D eigenvalue weighted by Crippen LogP contribution is 2.16. The fourth-order valence-electron chi connectivity index (χ4n) is 2.99. The Balaban J connectivity index is 1.52. The summed E-state index contributed by atoms with van der Waals surface area (Å²) in [4.78, 5) is 39.7. The molecule has 2 aliphatic heterocycles. The van der Waals surface area contributed by atoms with Crippen LogP contribution in [0, 0.1) is 0 Å². The van der Waals surface area contributed by atoms with Crippen LogP contribution in [0.3, 0.4) is 0 Å². The lowest BCUT2D eigenvalue weighted by Gasteiger charge is -2.35. The summed E-state index contributed by atoms with van der Waals surface area (Å²) in [5.41, 5.74) is -0.187. The number of rotatable bonds is 3. The minimum atomic E-state index is -0.305. The van der Waals surface area contributed by atoms with E-state index in [2.05, 4.69) is 0 Å². The second kappa shape index (κ2) is 6.95. The summed E-state index contributed by atoms with van der Waals surface area (Å²) in [6.45, 7) is 2.74. The third-order valence-electron chi connectivity index (χ3n) is 4.35. The van der Waals surface area contributed by atoms with Gasteiger partial charge in [-0.2, -0.15) is 0 Å². The molecule has 1 unspecified atom stereocenters. The quantitative estimate of drug-likeness (QED) is 0.767. The van der Waals surface area contributed by atoms with Gasteiger partial charge < -0.3 is 19.1 Å². The van der Waals surface area contributed by atoms with Gasteiger partial charge in [0, 0.05) is 45.0 Å². The predicted molar refractivity (Wildman–Crippen MR) is 82.8 cm³/mol. The lowest BCUT2D eigenvalue weighted by atomic mass is 10.2. The zero-order valence-electron chi connectivity index (χ0n) is 13.0. The molecule has 0 saturated carbocycles. The van der Waals surface area contributed by atoms with Gasteiger partial charge in [-0.05, 0) is 18.9 Å². The predicted octanol–water partition coefficient (Wildman–Crippen LogP) is -0.302. The van der Waals surface area contributed by atoms with E-state index in [4.69, 9.17) is 4.74 Å². The third kappa shape index (κ3) is 3.61. The second-order valence-corrected chi connectivity index (χ2v) is 5.87. The number of pyridine rings is 1. The van der Waals surface area contributed by atoms with Crippen molar-refractivity contribution in [2.75, 3.05) is 32.8 Å². The van der Waals surface area contributed by atoms with Crippen LogP contribution in [0.2, 0.25) is 0 Å². The fraction of sp³-hybridized carbons (Fsp3) is 0.562. The van der Waals surface area contributed by atoms with Crippen LogP contribution in [0.1, 0.15) is 12.8 Å². The highest BCUT2D eigenvalue weighted by Gasteiger charge is 2.31. The maximum atomic E-state index is 12.3. The Morgan fingerprint density at radius 1 is 1.13 bits per heavy atom. The van der Waals surface area contributed by atoms with Crippen LogP contribution in [0.25, 0.3) is 0 Å². The van der Waals surface area contributed by atoms with Crippen molar-refractivity contribution in [3.8, 4) is 0 Å². The number of hydrogen-bond donors (Lipinski definition) is 0. The molecule has 2 aliphatic rings. The van der Waals surface area contributed by atoms with Crippen LogP contribution in [-0.2, 0) is 20.9 Å². The Labute approximate surface area is 134 Å². The molecule has 1 atom stereocenters. The largest absolute Gasteiger partial charge is 0.368 e. The van der Waals surface area contributed by atoms with Gasteiger partial charge in [-0.15, -0.1) is 0 Å². The summed E-state index contributed by atoms with van der Waals surface area (Å²) in [6, 6.07) is 4.82. The van der Waals surface area contributed by atoms with E-state index in [1.807, 2.05) is 0 Å². The Hall–Kier alpha value is -2.15. The zero-order chi connectivity index (χ0) is 16.2. The average molecular weight is 319 g/mol. The monoisotopic (exact) mass is 319 g/mol. The summed E-state index contributed by atoms with van der Waals surface area (Å²) >= 11 is 0. The molecule has 0 spiro atoms. The first-order valence-electron chi connectivity index (χ1n) is 7.99. The minimum absolute atomic E-state index is 0.0360. The molecule has 7 heteroatoms. The molecule has 2 saturated heterocycles. The van der Waals surface area contributed by atoms with Gasteiger partial charge in [0.15, 0.2) is 0 Å². The molecule has 1 aromatic rings. The lowest BCUT2D eigenvalue weighted by molar-refractivity contribution is -0.146. The molecule has 1 aromatic heterocycles. The SMILES string of the molecule is O=C(Cn1ccccc1=O)N1CCN(C(=O)C2CCCO2)CC1. The van der Waals surface area contributed by atoms with Gasteiger partial charge in [0.1, 0.15) is 12.6 Å². The molecule has 23 heavy (non-hydrogen) atoms. The number of nitrogens with zero attached hydrogens (tertiary/aromatic N) is 3. The first kappa shape index (κ1) is 15.7. The van der Waals surface area contributed by atoms with Gasteiger partial charge in [0.05, 0.1) is 0 Å². The van der Waals surface area contributed by atoms with Crippen molar-refractivity contribution in [2.45, 2.75) is 25.5 Å². The standard InChI is InChI=1S/C16H21N3O4/c20-14-5-1-2-6-19(14)12-15(21)17-7-9-18(10-8-17)16(22)13-4-3-11-23-13/h1-2,5-6,13H,3-4,7-12H2. The summed E-state index contributed by atoms with van der Waals surface area (Å²) in [5, 5.41) is 0. The Kier molecular flexibility index (Phi) is 4.76. The van der Waals surface area contributed by atoms with E-state index in [0.717, 1.165) is 12.8 Å². The molecule has 2 fully saturated rings. The molecule has 3 rings (SSSR count). The number of ether oxygens (including phenoxy) is 1. The molecule has 0 bridgehead atoms. The smallest absolute Gasteiger partial charge is 0.251 e. The first-order chi connectivity index (χ1) is 11.1. The normalized spacial score (nSPS) is 21.5.